The summed E-state index contributed by atoms with van der Waals surface area (Å²) < 4.78 is 24.3. The highest BCUT2D eigenvalue weighted by molar-refractivity contribution is 5.89. The monoisotopic (exact) mass is 506 g/mol. The third-order valence-electron chi connectivity index (χ3n) is 6.14. The molecule has 0 aliphatic rings. The number of halogens is 1. The second-order valence-corrected chi connectivity index (χ2v) is 8.83. The highest BCUT2D eigenvalue weighted by Crippen LogP contribution is 2.29. The molecule has 0 spiro atoms. The van der Waals surface area contributed by atoms with Crippen molar-refractivity contribution in [3.05, 3.63) is 95.3 Å². The molecule has 0 heterocycles. The highest BCUT2D eigenvalue weighted by atomic mass is 19.1. The molecular weight excluding hydrogens is 471 g/mol. The van der Waals surface area contributed by atoms with Crippen LogP contribution in [0.15, 0.2) is 72.8 Å². The van der Waals surface area contributed by atoms with Gasteiger partial charge in [-0.3, -0.25) is 9.59 Å². The van der Waals surface area contributed by atoms with Crippen LogP contribution in [-0.2, 0) is 22.6 Å². The van der Waals surface area contributed by atoms with E-state index in [0.717, 1.165) is 30.4 Å². The summed E-state index contributed by atoms with van der Waals surface area (Å²) in [6.45, 7) is 2.78. The van der Waals surface area contributed by atoms with E-state index in [1.165, 1.54) is 12.1 Å². The Morgan fingerprint density at radius 1 is 0.892 bits per heavy atom. The van der Waals surface area contributed by atoms with E-state index < -0.39 is 6.04 Å². The third kappa shape index (κ3) is 7.81. The zero-order valence-corrected chi connectivity index (χ0v) is 21.7. The van der Waals surface area contributed by atoms with Gasteiger partial charge in [-0.1, -0.05) is 68.3 Å². The average Bonchev–Trinajstić information content (AvgIpc) is 2.92. The number of nitrogens with zero attached hydrogens (tertiary/aromatic N) is 1. The molecule has 2 amide bonds. The lowest BCUT2D eigenvalue weighted by atomic mass is 10.0. The molecule has 3 aromatic rings. The van der Waals surface area contributed by atoms with Crippen LogP contribution in [0.25, 0.3) is 0 Å². The Morgan fingerprint density at radius 2 is 1.57 bits per heavy atom. The number of nitrogens with one attached hydrogen (secondary N) is 1. The van der Waals surface area contributed by atoms with Gasteiger partial charge in [0.15, 0.2) is 11.5 Å². The summed E-state index contributed by atoms with van der Waals surface area (Å²) >= 11 is 0. The summed E-state index contributed by atoms with van der Waals surface area (Å²) in [6.07, 6.45) is 2.96. The minimum Gasteiger partial charge on any atom is -0.493 e. The number of carbonyl (C=O) groups excluding carboxylic acids is 2. The first kappa shape index (κ1) is 27.7. The van der Waals surface area contributed by atoms with Crippen molar-refractivity contribution in [3.63, 3.8) is 0 Å². The Bertz CT molecular complexity index is 1150. The number of rotatable bonds is 13. The summed E-state index contributed by atoms with van der Waals surface area (Å²) in [7, 11) is 3.09. The molecule has 0 saturated carbocycles. The van der Waals surface area contributed by atoms with Gasteiger partial charge in [0.2, 0.25) is 11.8 Å². The fourth-order valence-corrected chi connectivity index (χ4v) is 4.17. The number of methoxy groups -OCH3 is 2. The van der Waals surface area contributed by atoms with Crippen LogP contribution in [0.1, 0.15) is 48.9 Å². The first-order chi connectivity index (χ1) is 18.0. The maximum atomic E-state index is 13.8. The molecule has 37 heavy (non-hydrogen) atoms. The Morgan fingerprint density at radius 3 is 2.22 bits per heavy atom. The van der Waals surface area contributed by atoms with Gasteiger partial charge in [-0.05, 0) is 47.4 Å². The summed E-state index contributed by atoms with van der Waals surface area (Å²) in [6, 6.07) is 19.7. The van der Waals surface area contributed by atoms with Gasteiger partial charge >= 0.3 is 0 Å². The van der Waals surface area contributed by atoms with Crippen molar-refractivity contribution in [1.29, 1.82) is 0 Å². The lowest BCUT2D eigenvalue weighted by Gasteiger charge is -2.32. The highest BCUT2D eigenvalue weighted by Gasteiger charge is 2.31. The van der Waals surface area contributed by atoms with Gasteiger partial charge in [0.1, 0.15) is 11.9 Å². The molecule has 0 aliphatic carbocycles. The van der Waals surface area contributed by atoms with Gasteiger partial charge in [-0.2, -0.15) is 0 Å². The van der Waals surface area contributed by atoms with Crippen molar-refractivity contribution in [1.82, 2.24) is 10.2 Å². The van der Waals surface area contributed by atoms with Crippen LogP contribution < -0.4 is 14.8 Å². The summed E-state index contributed by atoms with van der Waals surface area (Å²) in [5, 5.41) is 3.01. The zero-order valence-electron chi connectivity index (χ0n) is 21.7. The maximum Gasteiger partial charge on any atom is 0.247 e. The van der Waals surface area contributed by atoms with Crippen molar-refractivity contribution in [3.8, 4) is 11.5 Å². The topological polar surface area (TPSA) is 67.9 Å². The number of benzene rings is 3. The average molecular weight is 507 g/mol. The quantitative estimate of drug-likeness (QED) is 0.313. The van der Waals surface area contributed by atoms with Gasteiger partial charge in [-0.25, -0.2) is 4.39 Å². The number of hydrogen-bond donors (Lipinski definition) is 1. The van der Waals surface area contributed by atoms with E-state index in [0.29, 0.717) is 23.6 Å². The van der Waals surface area contributed by atoms with Crippen molar-refractivity contribution >= 4 is 11.8 Å². The van der Waals surface area contributed by atoms with E-state index in [2.05, 4.69) is 12.2 Å². The molecule has 1 N–H and O–H groups in total. The van der Waals surface area contributed by atoms with Gasteiger partial charge in [0.05, 0.1) is 20.6 Å². The smallest absolute Gasteiger partial charge is 0.247 e. The predicted octanol–water partition coefficient (Wildman–Crippen LogP) is 5.46. The molecule has 196 valence electrons. The zero-order chi connectivity index (χ0) is 26.6. The summed E-state index contributed by atoms with van der Waals surface area (Å²) in [5.41, 5.74) is 2.15. The summed E-state index contributed by atoms with van der Waals surface area (Å²) in [5.74, 6) is 0.237. The number of amides is 2. The molecule has 1 atom stereocenters. The van der Waals surface area contributed by atoms with Crippen LogP contribution in [0, 0.1) is 5.82 Å². The molecule has 0 aromatic heterocycles. The van der Waals surface area contributed by atoms with Crippen LogP contribution in [0.5, 0.6) is 11.5 Å². The van der Waals surface area contributed by atoms with Gasteiger partial charge in [-0.15, -0.1) is 0 Å². The lowest BCUT2D eigenvalue weighted by Crippen LogP contribution is -2.44. The fourth-order valence-electron chi connectivity index (χ4n) is 4.17. The second kappa shape index (κ2) is 14.0. The molecule has 0 saturated heterocycles. The van der Waals surface area contributed by atoms with Gasteiger partial charge < -0.3 is 19.7 Å². The Balaban J connectivity index is 1.96. The molecule has 3 aromatic carbocycles. The molecule has 1 unspecified atom stereocenters. The van der Waals surface area contributed by atoms with Crippen molar-refractivity contribution in [2.45, 2.75) is 45.2 Å². The molecule has 6 nitrogen and oxygen atoms in total. The summed E-state index contributed by atoms with van der Waals surface area (Å²) in [4.78, 5) is 28.9. The van der Waals surface area contributed by atoms with E-state index in [-0.39, 0.29) is 30.6 Å². The normalized spacial score (nSPS) is 11.5. The van der Waals surface area contributed by atoms with Crippen LogP contribution in [0.4, 0.5) is 4.39 Å². The van der Waals surface area contributed by atoms with E-state index >= 15 is 0 Å². The Labute approximate surface area is 218 Å². The van der Waals surface area contributed by atoms with E-state index in [1.54, 1.807) is 49.5 Å². The molecule has 0 fully saturated rings. The number of hydrogen-bond acceptors (Lipinski definition) is 4. The minimum absolute atomic E-state index is 0.0496. The Hall–Kier alpha value is -3.87. The predicted molar refractivity (Wildman–Crippen MR) is 142 cm³/mol. The van der Waals surface area contributed by atoms with E-state index in [1.807, 2.05) is 30.3 Å². The van der Waals surface area contributed by atoms with Crippen LogP contribution >= 0.6 is 0 Å². The fraction of sp³-hybridized carbons (Fsp3) is 0.333. The molecule has 3 rings (SSSR count). The van der Waals surface area contributed by atoms with Crippen LogP contribution in [0.2, 0.25) is 0 Å². The minimum atomic E-state index is -0.847. The number of carbonyl (C=O) groups is 2. The molecule has 0 aliphatic heterocycles. The molecule has 7 heteroatoms. The van der Waals surface area contributed by atoms with Crippen molar-refractivity contribution in [2.24, 2.45) is 0 Å². The second-order valence-electron chi connectivity index (χ2n) is 8.83. The van der Waals surface area contributed by atoms with Crippen LogP contribution in [-0.4, -0.2) is 37.5 Å². The lowest BCUT2D eigenvalue weighted by molar-refractivity contribution is -0.141. The molecule has 0 radical (unpaired) electrons. The molecule has 0 bridgehead atoms. The molecular formula is C30H35FN2O4. The van der Waals surface area contributed by atoms with Gasteiger partial charge in [0, 0.05) is 13.1 Å². The number of unbranched alkanes of at least 4 members (excludes halogenated alkanes) is 2. The van der Waals surface area contributed by atoms with Crippen LogP contribution in [0.3, 0.4) is 0 Å². The SMILES string of the molecule is CCCCCNC(=O)C(c1ccccc1)N(Cc1ccc(F)cc1)C(=O)Cc1ccc(OC)c(OC)c1. The largest absolute Gasteiger partial charge is 0.493 e. The number of ether oxygens (including phenoxy) is 2. The first-order valence-electron chi connectivity index (χ1n) is 12.5. The van der Waals surface area contributed by atoms with Crippen molar-refractivity contribution < 1.29 is 23.5 Å². The third-order valence-corrected chi connectivity index (χ3v) is 6.14. The van der Waals surface area contributed by atoms with E-state index in [9.17, 15) is 14.0 Å². The van der Waals surface area contributed by atoms with Gasteiger partial charge in [0.25, 0.3) is 0 Å². The van der Waals surface area contributed by atoms with E-state index in [4.69, 9.17) is 9.47 Å². The first-order valence-corrected chi connectivity index (χ1v) is 12.5. The standard InChI is InChI=1S/C30H35FN2O4/c1-4-5-9-18-32-30(35)29(24-10-7-6-8-11-24)33(21-22-12-15-25(31)16-13-22)28(34)20-23-14-17-26(36-2)27(19-23)37-3/h6-8,10-17,19,29H,4-5,9,18,20-21H2,1-3H3,(H,32,35). The maximum absolute atomic E-state index is 13.8. The van der Waals surface area contributed by atoms with Crippen molar-refractivity contribution in [2.75, 3.05) is 20.8 Å². The Kier molecular flexibility index (Phi) is 10.5.